The Morgan fingerprint density at radius 2 is 2.35 bits per heavy atom. The molecule has 0 aliphatic carbocycles. The fourth-order valence-electron chi connectivity index (χ4n) is 2.75. The third-order valence-electron chi connectivity index (χ3n) is 3.96. The first-order chi connectivity index (χ1) is 11.1. The Kier molecular flexibility index (Phi) is 4.24. The molecule has 1 fully saturated rings. The van der Waals surface area contributed by atoms with E-state index in [1.54, 1.807) is 25.5 Å². The molecule has 0 radical (unpaired) electrons. The molecule has 2 aromatic heterocycles. The third-order valence-corrected chi connectivity index (χ3v) is 3.96. The number of aryl methyl sites for hydroxylation is 1. The molecule has 0 unspecified atom stereocenters. The lowest BCUT2D eigenvalue weighted by atomic mass is 9.92. The molecule has 1 atom stereocenters. The number of aromatic nitrogens is 3. The van der Waals surface area contributed by atoms with E-state index in [4.69, 9.17) is 4.42 Å². The average Bonchev–Trinajstić information content (AvgIpc) is 3.00. The smallest absolute Gasteiger partial charge is 0.289 e. The average molecular weight is 317 g/mol. The Balaban J connectivity index is 1.62. The standard InChI is InChI=1S/C15H19N5O3/c1-11-13(23-10-19-11)14(21)18-8-15(22)3-2-6-20(9-15)12-7-16-4-5-17-12/h4-5,7,10,22H,2-3,6,8-9H2,1H3,(H,18,21)/t15-/m1/s1. The van der Waals surface area contributed by atoms with Crippen molar-refractivity contribution in [2.45, 2.75) is 25.4 Å². The minimum Gasteiger partial charge on any atom is -0.438 e. The molecular formula is C15H19N5O3. The lowest BCUT2D eigenvalue weighted by molar-refractivity contribution is 0.0250. The SMILES string of the molecule is Cc1ncoc1C(=O)NC[C@]1(O)CCCN(c2cnccn2)C1. The van der Waals surface area contributed by atoms with E-state index >= 15 is 0 Å². The van der Waals surface area contributed by atoms with Crippen molar-refractivity contribution in [1.29, 1.82) is 0 Å². The maximum Gasteiger partial charge on any atom is 0.289 e. The summed E-state index contributed by atoms with van der Waals surface area (Å²) in [6.07, 6.45) is 7.55. The van der Waals surface area contributed by atoms with Crippen molar-refractivity contribution in [2.75, 3.05) is 24.5 Å². The van der Waals surface area contributed by atoms with Crippen LogP contribution in [0.15, 0.2) is 29.4 Å². The van der Waals surface area contributed by atoms with Crippen molar-refractivity contribution in [3.63, 3.8) is 0 Å². The number of anilines is 1. The second-order valence-corrected chi connectivity index (χ2v) is 5.76. The highest BCUT2D eigenvalue weighted by Crippen LogP contribution is 2.24. The van der Waals surface area contributed by atoms with Gasteiger partial charge < -0.3 is 19.7 Å². The molecule has 8 heteroatoms. The van der Waals surface area contributed by atoms with Gasteiger partial charge in [0.15, 0.2) is 6.39 Å². The van der Waals surface area contributed by atoms with Gasteiger partial charge in [-0.2, -0.15) is 0 Å². The summed E-state index contributed by atoms with van der Waals surface area (Å²) in [6.45, 7) is 3.03. The lowest BCUT2D eigenvalue weighted by Gasteiger charge is -2.39. The van der Waals surface area contributed by atoms with E-state index in [0.717, 1.165) is 18.8 Å². The van der Waals surface area contributed by atoms with Crippen molar-refractivity contribution < 1.29 is 14.3 Å². The molecule has 2 aromatic rings. The summed E-state index contributed by atoms with van der Waals surface area (Å²) >= 11 is 0. The number of piperidine rings is 1. The van der Waals surface area contributed by atoms with Crippen LogP contribution in [0.3, 0.4) is 0 Å². The maximum atomic E-state index is 12.1. The fourth-order valence-corrected chi connectivity index (χ4v) is 2.75. The van der Waals surface area contributed by atoms with Crippen LogP contribution in [0.25, 0.3) is 0 Å². The Morgan fingerprint density at radius 3 is 3.04 bits per heavy atom. The summed E-state index contributed by atoms with van der Waals surface area (Å²) in [6, 6.07) is 0. The number of nitrogens with zero attached hydrogens (tertiary/aromatic N) is 4. The van der Waals surface area contributed by atoms with E-state index in [0.29, 0.717) is 18.7 Å². The molecule has 8 nitrogen and oxygen atoms in total. The predicted octanol–water partition coefficient (Wildman–Crippen LogP) is 0.534. The summed E-state index contributed by atoms with van der Waals surface area (Å²) < 4.78 is 5.06. The van der Waals surface area contributed by atoms with E-state index in [2.05, 4.69) is 20.3 Å². The van der Waals surface area contributed by atoms with E-state index in [1.807, 2.05) is 4.90 Å². The summed E-state index contributed by atoms with van der Waals surface area (Å²) in [5.41, 5.74) is -0.487. The Morgan fingerprint density at radius 1 is 1.48 bits per heavy atom. The summed E-state index contributed by atoms with van der Waals surface area (Å²) in [5.74, 6) is 0.531. The normalized spacial score (nSPS) is 21.2. The third kappa shape index (κ3) is 3.48. The van der Waals surface area contributed by atoms with Gasteiger partial charge in [-0.1, -0.05) is 0 Å². The number of hydrogen-bond acceptors (Lipinski definition) is 7. The van der Waals surface area contributed by atoms with Crippen LogP contribution in [0, 0.1) is 6.92 Å². The van der Waals surface area contributed by atoms with Crippen LogP contribution in [-0.4, -0.2) is 51.2 Å². The first-order valence-corrected chi connectivity index (χ1v) is 7.49. The number of amides is 1. The molecule has 122 valence electrons. The first-order valence-electron chi connectivity index (χ1n) is 7.49. The molecule has 1 aliphatic heterocycles. The minimum atomic E-state index is -1.01. The summed E-state index contributed by atoms with van der Waals surface area (Å²) in [5, 5.41) is 13.5. The van der Waals surface area contributed by atoms with Crippen molar-refractivity contribution in [3.8, 4) is 0 Å². The van der Waals surface area contributed by atoms with Crippen molar-refractivity contribution in [1.82, 2.24) is 20.3 Å². The zero-order valence-corrected chi connectivity index (χ0v) is 12.9. The quantitative estimate of drug-likeness (QED) is 0.847. The van der Waals surface area contributed by atoms with Crippen molar-refractivity contribution >= 4 is 11.7 Å². The molecule has 3 rings (SSSR count). The Bertz CT molecular complexity index is 675. The topological polar surface area (TPSA) is 104 Å². The molecule has 23 heavy (non-hydrogen) atoms. The van der Waals surface area contributed by atoms with E-state index < -0.39 is 5.60 Å². The van der Waals surface area contributed by atoms with E-state index in [9.17, 15) is 9.90 Å². The summed E-state index contributed by atoms with van der Waals surface area (Å²) in [7, 11) is 0. The van der Waals surface area contributed by atoms with Gasteiger partial charge in [-0.25, -0.2) is 9.97 Å². The van der Waals surface area contributed by atoms with Gasteiger partial charge in [-0.3, -0.25) is 9.78 Å². The molecule has 3 heterocycles. The number of nitrogens with one attached hydrogen (secondary N) is 1. The van der Waals surface area contributed by atoms with Crippen molar-refractivity contribution in [3.05, 3.63) is 36.4 Å². The highest BCUT2D eigenvalue weighted by atomic mass is 16.3. The van der Waals surface area contributed by atoms with Gasteiger partial charge in [-0.05, 0) is 19.8 Å². The highest BCUT2D eigenvalue weighted by molar-refractivity contribution is 5.92. The maximum absolute atomic E-state index is 12.1. The van der Waals surface area contributed by atoms with Gasteiger partial charge in [0.2, 0.25) is 5.76 Å². The number of carbonyl (C=O) groups is 1. The predicted molar refractivity (Wildman–Crippen MR) is 82.0 cm³/mol. The minimum absolute atomic E-state index is 0.142. The van der Waals surface area contributed by atoms with E-state index in [1.165, 1.54) is 6.39 Å². The van der Waals surface area contributed by atoms with Gasteiger partial charge >= 0.3 is 0 Å². The molecule has 0 saturated carbocycles. The number of rotatable bonds is 4. The molecule has 0 bridgehead atoms. The molecular weight excluding hydrogens is 298 g/mol. The highest BCUT2D eigenvalue weighted by Gasteiger charge is 2.34. The second-order valence-electron chi connectivity index (χ2n) is 5.76. The van der Waals surface area contributed by atoms with Crippen LogP contribution < -0.4 is 10.2 Å². The van der Waals surface area contributed by atoms with Crippen LogP contribution in [-0.2, 0) is 0 Å². The number of carbonyl (C=O) groups excluding carboxylic acids is 1. The van der Waals surface area contributed by atoms with Crippen LogP contribution in [0.4, 0.5) is 5.82 Å². The molecule has 1 saturated heterocycles. The molecule has 0 spiro atoms. The summed E-state index contributed by atoms with van der Waals surface area (Å²) in [4.78, 5) is 26.2. The van der Waals surface area contributed by atoms with Gasteiger partial charge in [0.25, 0.3) is 5.91 Å². The van der Waals surface area contributed by atoms with Gasteiger partial charge in [0.1, 0.15) is 5.82 Å². The first kappa shape index (κ1) is 15.4. The fraction of sp³-hybridized carbons (Fsp3) is 0.467. The number of β-amino-alcohol motifs (C(OH)–C–C–N with tert-alkyl or cyclic N) is 1. The second kappa shape index (κ2) is 6.33. The largest absolute Gasteiger partial charge is 0.438 e. The molecule has 1 amide bonds. The molecule has 0 aromatic carbocycles. The van der Waals surface area contributed by atoms with Gasteiger partial charge in [-0.15, -0.1) is 0 Å². The monoisotopic (exact) mass is 317 g/mol. The number of hydrogen-bond donors (Lipinski definition) is 2. The zero-order chi connectivity index (χ0) is 16.3. The van der Waals surface area contributed by atoms with Gasteiger partial charge in [0.05, 0.1) is 17.5 Å². The van der Waals surface area contributed by atoms with Crippen LogP contribution in [0.5, 0.6) is 0 Å². The number of aliphatic hydroxyl groups is 1. The Hall–Kier alpha value is -2.48. The molecule has 2 N–H and O–H groups in total. The van der Waals surface area contributed by atoms with Gasteiger partial charge in [0, 0.05) is 32.0 Å². The van der Waals surface area contributed by atoms with Crippen molar-refractivity contribution in [2.24, 2.45) is 0 Å². The van der Waals surface area contributed by atoms with E-state index in [-0.39, 0.29) is 18.2 Å². The zero-order valence-electron chi connectivity index (χ0n) is 12.9. The van der Waals surface area contributed by atoms with Crippen LogP contribution in [0.1, 0.15) is 29.1 Å². The van der Waals surface area contributed by atoms with Crippen LogP contribution in [0.2, 0.25) is 0 Å². The molecule has 1 aliphatic rings. The number of oxazole rings is 1. The van der Waals surface area contributed by atoms with Crippen LogP contribution >= 0.6 is 0 Å². The lowest BCUT2D eigenvalue weighted by Crippen LogP contribution is -2.54. The Labute approximate surface area is 133 Å².